The summed E-state index contributed by atoms with van der Waals surface area (Å²) in [4.78, 5) is 26.7. The Morgan fingerprint density at radius 3 is 2.41 bits per heavy atom. The first kappa shape index (κ1) is 18.9. The molecule has 0 spiro atoms. The fourth-order valence-corrected chi connectivity index (χ4v) is 3.67. The lowest BCUT2D eigenvalue weighted by molar-refractivity contribution is 0.193. The zero-order valence-corrected chi connectivity index (χ0v) is 16.1. The second kappa shape index (κ2) is 7.90. The van der Waals surface area contributed by atoms with Gasteiger partial charge in [0.25, 0.3) is 0 Å². The van der Waals surface area contributed by atoms with Crippen LogP contribution in [0, 0.1) is 5.82 Å². The molecule has 0 saturated carbocycles. The van der Waals surface area contributed by atoms with Gasteiger partial charge in [0.2, 0.25) is 0 Å². The van der Waals surface area contributed by atoms with E-state index < -0.39 is 5.82 Å². The molecule has 1 fully saturated rings. The maximum Gasteiger partial charge on any atom is 0.350 e. The molecule has 3 aromatic rings. The Morgan fingerprint density at radius 1 is 1.07 bits per heavy atom. The maximum absolute atomic E-state index is 13.8. The van der Waals surface area contributed by atoms with Crippen molar-refractivity contribution >= 4 is 11.7 Å². The summed E-state index contributed by atoms with van der Waals surface area (Å²) in [6.45, 7) is 1.01. The number of amides is 2. The van der Waals surface area contributed by atoms with Gasteiger partial charge in [-0.1, -0.05) is 30.3 Å². The average molecular weight is 395 g/mol. The topological polar surface area (TPSA) is 72.2 Å². The number of carbonyl (C=O) groups excluding carboxylic acids is 1. The van der Waals surface area contributed by atoms with E-state index in [0.717, 1.165) is 5.69 Å². The average Bonchev–Trinajstić information content (AvgIpc) is 3.05. The Morgan fingerprint density at radius 2 is 1.72 bits per heavy atom. The summed E-state index contributed by atoms with van der Waals surface area (Å²) in [5, 5.41) is 7.08. The van der Waals surface area contributed by atoms with E-state index in [4.69, 9.17) is 0 Å². The molecule has 1 aliphatic heterocycles. The van der Waals surface area contributed by atoms with Crippen LogP contribution >= 0.6 is 0 Å². The van der Waals surface area contributed by atoms with Crippen molar-refractivity contribution in [1.29, 1.82) is 0 Å². The molecular weight excluding hydrogens is 373 g/mol. The van der Waals surface area contributed by atoms with E-state index in [9.17, 15) is 14.0 Å². The summed E-state index contributed by atoms with van der Waals surface area (Å²) in [5.74, 6) is 0.301. The quantitative estimate of drug-likeness (QED) is 0.741. The minimum absolute atomic E-state index is 0.0571. The van der Waals surface area contributed by atoms with Crippen molar-refractivity contribution in [3.8, 4) is 5.69 Å². The zero-order valence-electron chi connectivity index (χ0n) is 16.1. The number of urea groups is 1. The second-order valence-electron chi connectivity index (χ2n) is 7.11. The number of nitrogens with zero attached hydrogens (tertiary/aromatic N) is 4. The van der Waals surface area contributed by atoms with Gasteiger partial charge in [-0.3, -0.25) is 0 Å². The van der Waals surface area contributed by atoms with Gasteiger partial charge in [-0.05, 0) is 37.1 Å². The van der Waals surface area contributed by atoms with Gasteiger partial charge in [0.05, 0.1) is 11.4 Å². The summed E-state index contributed by atoms with van der Waals surface area (Å²) in [6.07, 6.45) is 1.35. The highest BCUT2D eigenvalue weighted by Gasteiger charge is 2.29. The number of carbonyl (C=O) groups is 1. The molecule has 1 aromatic heterocycles. The van der Waals surface area contributed by atoms with Gasteiger partial charge in [-0.25, -0.2) is 23.2 Å². The molecule has 1 N–H and O–H groups in total. The Labute approximate surface area is 167 Å². The van der Waals surface area contributed by atoms with E-state index in [1.54, 1.807) is 28.6 Å². The van der Waals surface area contributed by atoms with Crippen LogP contribution in [0.15, 0.2) is 59.4 Å². The summed E-state index contributed by atoms with van der Waals surface area (Å²) in [6, 6.07) is 15.2. The molecular formula is C21H22FN5O2. The molecule has 1 aliphatic rings. The first-order valence-corrected chi connectivity index (χ1v) is 9.56. The van der Waals surface area contributed by atoms with Crippen LogP contribution in [0.3, 0.4) is 0 Å². The largest absolute Gasteiger partial charge is 0.350 e. The van der Waals surface area contributed by atoms with E-state index in [-0.39, 0.29) is 23.3 Å². The maximum atomic E-state index is 13.8. The molecule has 2 amide bonds. The normalized spacial score (nSPS) is 14.8. The van der Waals surface area contributed by atoms with Gasteiger partial charge in [0, 0.05) is 26.1 Å². The van der Waals surface area contributed by atoms with Crippen LogP contribution in [0.4, 0.5) is 14.9 Å². The van der Waals surface area contributed by atoms with Gasteiger partial charge < -0.3 is 10.2 Å². The predicted molar refractivity (Wildman–Crippen MR) is 108 cm³/mol. The third-order valence-electron chi connectivity index (χ3n) is 5.23. The molecule has 8 heteroatoms. The minimum Gasteiger partial charge on any atom is -0.324 e. The number of hydrogen-bond acceptors (Lipinski definition) is 3. The summed E-state index contributed by atoms with van der Waals surface area (Å²) in [5.41, 5.74) is 0.758. The lowest BCUT2D eigenvalue weighted by atomic mass is 9.96. The van der Waals surface area contributed by atoms with Crippen molar-refractivity contribution in [2.75, 3.05) is 18.4 Å². The van der Waals surface area contributed by atoms with Gasteiger partial charge in [0.15, 0.2) is 0 Å². The third kappa shape index (κ3) is 3.78. The number of para-hydroxylation sites is 2. The third-order valence-corrected chi connectivity index (χ3v) is 5.23. The van der Waals surface area contributed by atoms with Gasteiger partial charge in [-0.15, -0.1) is 0 Å². The number of aryl methyl sites for hydroxylation is 1. The summed E-state index contributed by atoms with van der Waals surface area (Å²) < 4.78 is 16.8. The number of likely N-dealkylation sites (tertiary alicyclic amines) is 1. The summed E-state index contributed by atoms with van der Waals surface area (Å²) in [7, 11) is 1.64. The molecule has 2 aromatic carbocycles. The van der Waals surface area contributed by atoms with E-state index in [2.05, 4.69) is 10.4 Å². The van der Waals surface area contributed by atoms with E-state index in [1.807, 2.05) is 30.3 Å². The number of anilines is 1. The van der Waals surface area contributed by atoms with Crippen LogP contribution in [-0.2, 0) is 7.05 Å². The molecule has 2 heterocycles. The zero-order chi connectivity index (χ0) is 20.4. The van der Waals surface area contributed by atoms with Crippen molar-refractivity contribution in [2.45, 2.75) is 18.8 Å². The van der Waals surface area contributed by atoms with Crippen LogP contribution in [0.2, 0.25) is 0 Å². The highest BCUT2D eigenvalue weighted by Crippen LogP contribution is 2.28. The van der Waals surface area contributed by atoms with Crippen LogP contribution in [-0.4, -0.2) is 38.4 Å². The number of halogens is 1. The van der Waals surface area contributed by atoms with Gasteiger partial charge in [0.1, 0.15) is 11.6 Å². The van der Waals surface area contributed by atoms with E-state index in [0.29, 0.717) is 31.8 Å². The predicted octanol–water partition coefficient (Wildman–Crippen LogP) is 3.12. The Kier molecular flexibility index (Phi) is 5.16. The second-order valence-corrected chi connectivity index (χ2v) is 7.11. The molecule has 1 saturated heterocycles. The minimum atomic E-state index is -0.462. The molecule has 0 unspecified atom stereocenters. The van der Waals surface area contributed by atoms with Crippen LogP contribution in [0.25, 0.3) is 5.69 Å². The number of piperidine rings is 1. The molecule has 150 valence electrons. The smallest absolute Gasteiger partial charge is 0.324 e. The summed E-state index contributed by atoms with van der Waals surface area (Å²) >= 11 is 0. The van der Waals surface area contributed by atoms with E-state index in [1.165, 1.54) is 16.8 Å². The van der Waals surface area contributed by atoms with Crippen LogP contribution in [0.1, 0.15) is 24.6 Å². The SMILES string of the molecule is Cn1nc(C2CCN(C(=O)Nc3ccccc3F)CC2)n(-c2ccccc2)c1=O. The van der Waals surface area contributed by atoms with Crippen LogP contribution < -0.4 is 11.0 Å². The molecule has 0 aliphatic carbocycles. The van der Waals surface area contributed by atoms with Crippen molar-refractivity contribution in [1.82, 2.24) is 19.2 Å². The number of nitrogens with one attached hydrogen (secondary N) is 1. The number of aromatic nitrogens is 3. The molecule has 7 nitrogen and oxygen atoms in total. The van der Waals surface area contributed by atoms with Gasteiger partial charge >= 0.3 is 11.7 Å². The molecule has 0 radical (unpaired) electrons. The van der Waals surface area contributed by atoms with Gasteiger partial charge in [-0.2, -0.15) is 5.10 Å². The number of hydrogen-bond donors (Lipinski definition) is 1. The molecule has 4 rings (SSSR count). The molecule has 29 heavy (non-hydrogen) atoms. The highest BCUT2D eigenvalue weighted by atomic mass is 19.1. The van der Waals surface area contributed by atoms with Crippen LogP contribution in [0.5, 0.6) is 0 Å². The number of rotatable bonds is 3. The lowest BCUT2D eigenvalue weighted by Crippen LogP contribution is -2.41. The first-order chi connectivity index (χ1) is 14.0. The fraction of sp³-hybridized carbons (Fsp3) is 0.286. The van der Waals surface area contributed by atoms with Crippen molar-refractivity contribution in [2.24, 2.45) is 7.05 Å². The van der Waals surface area contributed by atoms with Crippen molar-refractivity contribution in [3.63, 3.8) is 0 Å². The Balaban J connectivity index is 1.48. The standard InChI is InChI=1S/C21H22FN5O2/c1-25-21(29)27(16-7-3-2-4-8-16)19(24-25)15-11-13-26(14-12-15)20(28)23-18-10-6-5-9-17(18)22/h2-10,15H,11-14H2,1H3,(H,23,28). The Bertz CT molecular complexity index is 1070. The van der Waals surface area contributed by atoms with E-state index >= 15 is 0 Å². The first-order valence-electron chi connectivity index (χ1n) is 9.56. The number of benzene rings is 2. The molecule has 0 atom stereocenters. The van der Waals surface area contributed by atoms with Crippen molar-refractivity contribution in [3.05, 3.63) is 76.7 Å². The highest BCUT2D eigenvalue weighted by molar-refractivity contribution is 5.89. The lowest BCUT2D eigenvalue weighted by Gasteiger charge is -2.31. The molecule has 0 bridgehead atoms. The fourth-order valence-electron chi connectivity index (χ4n) is 3.67. The Hall–Kier alpha value is -3.42. The monoisotopic (exact) mass is 395 g/mol. The van der Waals surface area contributed by atoms with Crippen molar-refractivity contribution < 1.29 is 9.18 Å².